The van der Waals surface area contributed by atoms with E-state index in [0.29, 0.717) is 5.92 Å². The van der Waals surface area contributed by atoms with Crippen LogP contribution in [-0.4, -0.2) is 41.1 Å². The second-order valence-electron chi connectivity index (χ2n) is 7.64. The first-order valence-electron chi connectivity index (χ1n) is 9.07. The molecule has 122 valence electrons. The number of piperidine rings is 2. The summed E-state index contributed by atoms with van der Waals surface area (Å²) in [7, 11) is 1.70. The van der Waals surface area contributed by atoms with E-state index in [1.165, 1.54) is 54.5 Å². The van der Waals surface area contributed by atoms with E-state index in [-0.39, 0.29) is 0 Å². The average molecular weight is 311 g/mol. The van der Waals surface area contributed by atoms with Crippen LogP contribution in [-0.2, 0) is 6.42 Å². The highest BCUT2D eigenvalue weighted by molar-refractivity contribution is 5.85. The maximum atomic E-state index is 5.35. The highest BCUT2D eigenvalue weighted by Gasteiger charge is 2.48. The highest BCUT2D eigenvalue weighted by atomic mass is 16.5. The summed E-state index contributed by atoms with van der Waals surface area (Å²) in [5, 5.41) is 1.32. The van der Waals surface area contributed by atoms with Gasteiger partial charge in [-0.3, -0.25) is 4.90 Å². The molecular weight excluding hydrogens is 286 g/mol. The monoisotopic (exact) mass is 311 g/mol. The lowest BCUT2D eigenvalue weighted by molar-refractivity contribution is -0.0134. The quantitative estimate of drug-likeness (QED) is 0.925. The molecule has 1 saturated carbocycles. The molecule has 1 aliphatic carbocycles. The summed E-state index contributed by atoms with van der Waals surface area (Å²) in [6, 6.07) is 2.86. The summed E-state index contributed by atoms with van der Waals surface area (Å²) in [6.07, 6.45) is 7.22. The Morgan fingerprint density at radius 1 is 1.39 bits per heavy atom. The SMILES string of the molecule is CCC1CC2CC3c4[nH]c5cnc(OC)cc5c4CCN(C2)C13. The van der Waals surface area contributed by atoms with Crippen molar-refractivity contribution in [1.29, 1.82) is 0 Å². The normalized spacial score (nSPS) is 35.1. The molecule has 4 nitrogen and oxygen atoms in total. The number of nitrogens with zero attached hydrogens (tertiary/aromatic N) is 2. The van der Waals surface area contributed by atoms with Crippen molar-refractivity contribution < 1.29 is 4.74 Å². The minimum absolute atomic E-state index is 0.684. The summed E-state index contributed by atoms with van der Waals surface area (Å²) in [5.41, 5.74) is 4.21. The summed E-state index contributed by atoms with van der Waals surface area (Å²) in [6.45, 7) is 4.91. The fourth-order valence-electron chi connectivity index (χ4n) is 5.69. The smallest absolute Gasteiger partial charge is 0.213 e. The van der Waals surface area contributed by atoms with Gasteiger partial charge in [-0.15, -0.1) is 0 Å². The number of pyridine rings is 1. The fourth-order valence-corrected chi connectivity index (χ4v) is 5.69. The number of nitrogens with one attached hydrogen (secondary N) is 1. The number of methoxy groups -OCH3 is 1. The van der Waals surface area contributed by atoms with Gasteiger partial charge in [0.05, 0.1) is 18.8 Å². The summed E-state index contributed by atoms with van der Waals surface area (Å²) >= 11 is 0. The van der Waals surface area contributed by atoms with Gasteiger partial charge >= 0.3 is 0 Å². The number of fused-ring (bicyclic) bond motifs is 4. The zero-order valence-electron chi connectivity index (χ0n) is 14.0. The Bertz CT molecular complexity index is 752. The second kappa shape index (κ2) is 4.97. The zero-order chi connectivity index (χ0) is 15.6. The molecule has 0 spiro atoms. The number of H-pyrrole nitrogens is 1. The van der Waals surface area contributed by atoms with Crippen molar-refractivity contribution >= 4 is 10.9 Å². The van der Waals surface area contributed by atoms with Crippen LogP contribution in [0.4, 0.5) is 0 Å². The molecule has 0 amide bonds. The molecule has 2 aromatic rings. The van der Waals surface area contributed by atoms with Gasteiger partial charge in [0.25, 0.3) is 0 Å². The lowest BCUT2D eigenvalue weighted by Crippen LogP contribution is -2.56. The fraction of sp³-hybridized carbons (Fsp3) is 0.632. The van der Waals surface area contributed by atoms with E-state index in [9.17, 15) is 0 Å². The number of hydrogen-bond donors (Lipinski definition) is 1. The van der Waals surface area contributed by atoms with Crippen molar-refractivity contribution in [3.8, 4) is 5.88 Å². The molecule has 4 heteroatoms. The van der Waals surface area contributed by atoms with E-state index in [2.05, 4.69) is 27.9 Å². The Kier molecular flexibility index (Phi) is 2.99. The molecule has 5 heterocycles. The maximum Gasteiger partial charge on any atom is 0.213 e. The predicted molar refractivity (Wildman–Crippen MR) is 91.0 cm³/mol. The molecule has 0 aromatic carbocycles. The Hall–Kier alpha value is -1.55. The van der Waals surface area contributed by atoms with E-state index in [1.807, 2.05) is 6.20 Å². The maximum absolute atomic E-state index is 5.35. The third kappa shape index (κ3) is 1.90. The first-order chi connectivity index (χ1) is 11.3. The van der Waals surface area contributed by atoms with Crippen LogP contribution in [0, 0.1) is 11.8 Å². The molecule has 4 aliphatic rings. The topological polar surface area (TPSA) is 41.1 Å². The Labute approximate surface area is 137 Å². The van der Waals surface area contributed by atoms with E-state index < -0.39 is 0 Å². The first-order valence-corrected chi connectivity index (χ1v) is 9.07. The number of rotatable bonds is 2. The Morgan fingerprint density at radius 3 is 3.13 bits per heavy atom. The third-order valence-electron chi connectivity index (χ3n) is 6.58. The third-order valence-corrected chi connectivity index (χ3v) is 6.58. The van der Waals surface area contributed by atoms with Crippen molar-refractivity contribution in [3.63, 3.8) is 0 Å². The molecule has 23 heavy (non-hydrogen) atoms. The molecular formula is C19H25N3O. The second-order valence-corrected chi connectivity index (χ2v) is 7.64. The number of aromatic nitrogens is 2. The van der Waals surface area contributed by atoms with Crippen molar-refractivity contribution in [2.75, 3.05) is 20.2 Å². The van der Waals surface area contributed by atoms with Crippen LogP contribution >= 0.6 is 0 Å². The largest absolute Gasteiger partial charge is 0.481 e. The number of aromatic amines is 1. The van der Waals surface area contributed by atoms with Gasteiger partial charge in [-0.25, -0.2) is 4.98 Å². The lowest BCUT2D eigenvalue weighted by Gasteiger charge is -2.53. The molecule has 1 N–H and O–H groups in total. The van der Waals surface area contributed by atoms with Crippen molar-refractivity contribution in [2.24, 2.45) is 11.8 Å². The molecule has 5 atom stereocenters. The van der Waals surface area contributed by atoms with Crippen LogP contribution in [0.3, 0.4) is 0 Å². The summed E-state index contributed by atoms with van der Waals surface area (Å²) < 4.78 is 5.35. The van der Waals surface area contributed by atoms with Gasteiger partial charge in [0.1, 0.15) is 0 Å². The van der Waals surface area contributed by atoms with Gasteiger partial charge in [-0.05, 0) is 36.7 Å². The van der Waals surface area contributed by atoms with E-state index in [4.69, 9.17) is 4.74 Å². The lowest BCUT2D eigenvalue weighted by atomic mass is 9.65. The van der Waals surface area contributed by atoms with Crippen molar-refractivity contribution in [1.82, 2.24) is 14.9 Å². The molecule has 6 rings (SSSR count). The van der Waals surface area contributed by atoms with Crippen LogP contribution in [0.15, 0.2) is 12.3 Å². The van der Waals surface area contributed by atoms with Crippen LogP contribution in [0.2, 0.25) is 0 Å². The minimum atomic E-state index is 0.684. The van der Waals surface area contributed by atoms with Crippen LogP contribution in [0.1, 0.15) is 43.4 Å². The Morgan fingerprint density at radius 2 is 2.30 bits per heavy atom. The first kappa shape index (κ1) is 13.8. The molecule has 5 unspecified atom stereocenters. The van der Waals surface area contributed by atoms with Crippen LogP contribution in [0.5, 0.6) is 5.88 Å². The predicted octanol–water partition coefficient (Wildman–Crippen LogP) is 3.33. The van der Waals surface area contributed by atoms with Gasteiger partial charge in [-0.1, -0.05) is 13.3 Å². The molecule has 4 bridgehead atoms. The van der Waals surface area contributed by atoms with Crippen molar-refractivity contribution in [3.05, 3.63) is 23.5 Å². The van der Waals surface area contributed by atoms with Crippen LogP contribution in [0.25, 0.3) is 10.9 Å². The van der Waals surface area contributed by atoms with Gasteiger partial charge in [0.2, 0.25) is 5.88 Å². The number of ether oxygens (including phenoxy) is 1. The van der Waals surface area contributed by atoms with E-state index in [1.54, 1.807) is 7.11 Å². The average Bonchev–Trinajstić information content (AvgIpc) is 2.92. The molecule has 3 aliphatic heterocycles. The van der Waals surface area contributed by atoms with Gasteiger partial charge < -0.3 is 9.72 Å². The summed E-state index contributed by atoms with van der Waals surface area (Å²) in [5.74, 6) is 3.17. The van der Waals surface area contributed by atoms with Crippen LogP contribution < -0.4 is 4.74 Å². The Balaban J connectivity index is 1.66. The van der Waals surface area contributed by atoms with Gasteiger partial charge in [0, 0.05) is 42.2 Å². The van der Waals surface area contributed by atoms with E-state index >= 15 is 0 Å². The zero-order valence-corrected chi connectivity index (χ0v) is 14.0. The standard InChI is InChI=1S/C19H25N3O/c1-3-12-6-11-7-15-18-13(4-5-22(10-11)19(12)15)14-8-17(23-2)20-9-16(14)21-18/h8-9,11-12,15,19,21H,3-7,10H2,1-2H3. The molecule has 3 fully saturated rings. The molecule has 2 saturated heterocycles. The van der Waals surface area contributed by atoms with E-state index in [0.717, 1.165) is 30.2 Å². The summed E-state index contributed by atoms with van der Waals surface area (Å²) in [4.78, 5) is 10.9. The number of hydrogen-bond acceptors (Lipinski definition) is 3. The molecule has 2 aromatic heterocycles. The van der Waals surface area contributed by atoms with Gasteiger partial charge in [0.15, 0.2) is 0 Å². The minimum Gasteiger partial charge on any atom is -0.481 e. The molecule has 0 radical (unpaired) electrons. The van der Waals surface area contributed by atoms with Crippen molar-refractivity contribution in [2.45, 2.75) is 44.6 Å². The van der Waals surface area contributed by atoms with Gasteiger partial charge in [-0.2, -0.15) is 0 Å². The highest BCUT2D eigenvalue weighted by Crippen LogP contribution is 2.51.